The minimum atomic E-state index is 0.286. The Bertz CT molecular complexity index is 433. The van der Waals surface area contributed by atoms with Gasteiger partial charge in [0.05, 0.1) is 13.7 Å². The summed E-state index contributed by atoms with van der Waals surface area (Å²) in [4.78, 5) is 0. The quantitative estimate of drug-likeness (QED) is 0.823. The Morgan fingerprint density at radius 1 is 1.25 bits per heavy atom. The Labute approximate surface area is 122 Å². The van der Waals surface area contributed by atoms with Crippen LogP contribution >= 0.6 is 0 Å². The lowest BCUT2D eigenvalue weighted by molar-refractivity contribution is 0.232. The van der Waals surface area contributed by atoms with Gasteiger partial charge in [0.2, 0.25) is 0 Å². The number of ether oxygens (including phenoxy) is 2. The Kier molecular flexibility index (Phi) is 4.92. The van der Waals surface area contributed by atoms with Gasteiger partial charge in [-0.15, -0.1) is 0 Å². The molecule has 1 aromatic carbocycles. The molecule has 2 rings (SSSR count). The van der Waals surface area contributed by atoms with Gasteiger partial charge in [-0.05, 0) is 30.7 Å². The maximum atomic E-state index is 6.02. The number of rotatable bonds is 7. The van der Waals surface area contributed by atoms with Crippen LogP contribution in [-0.4, -0.2) is 19.8 Å². The molecule has 1 aromatic rings. The van der Waals surface area contributed by atoms with Crippen LogP contribution in [0.3, 0.4) is 0 Å². The van der Waals surface area contributed by atoms with Gasteiger partial charge in [0, 0.05) is 18.2 Å². The van der Waals surface area contributed by atoms with Crippen molar-refractivity contribution in [1.29, 1.82) is 0 Å². The molecule has 20 heavy (non-hydrogen) atoms. The summed E-state index contributed by atoms with van der Waals surface area (Å²) >= 11 is 0. The first kappa shape index (κ1) is 15.2. The van der Waals surface area contributed by atoms with Crippen LogP contribution in [0.4, 0.5) is 0 Å². The highest BCUT2D eigenvalue weighted by Gasteiger charge is 2.21. The molecule has 0 spiro atoms. The van der Waals surface area contributed by atoms with Crippen molar-refractivity contribution in [2.24, 2.45) is 5.41 Å². The lowest BCUT2D eigenvalue weighted by atomic mass is 9.93. The maximum absolute atomic E-state index is 6.02. The predicted molar refractivity (Wildman–Crippen MR) is 82.4 cm³/mol. The molecule has 0 radical (unpaired) electrons. The number of nitrogens with one attached hydrogen (secondary N) is 1. The summed E-state index contributed by atoms with van der Waals surface area (Å²) in [5, 5.41) is 3.54. The van der Waals surface area contributed by atoms with Gasteiger partial charge in [0.15, 0.2) is 11.5 Å². The highest BCUT2D eigenvalue weighted by molar-refractivity contribution is 5.46. The third-order valence-corrected chi connectivity index (χ3v) is 3.54. The van der Waals surface area contributed by atoms with Crippen molar-refractivity contribution in [3.05, 3.63) is 23.8 Å². The average molecular weight is 277 g/mol. The summed E-state index contributed by atoms with van der Waals surface area (Å²) < 4.78 is 11.5. The van der Waals surface area contributed by atoms with Gasteiger partial charge in [-0.1, -0.05) is 32.9 Å². The van der Waals surface area contributed by atoms with Crippen molar-refractivity contribution < 1.29 is 9.47 Å². The first-order chi connectivity index (χ1) is 9.49. The maximum Gasteiger partial charge on any atom is 0.165 e. The first-order valence-corrected chi connectivity index (χ1v) is 7.52. The zero-order valence-electron chi connectivity index (χ0n) is 13.2. The summed E-state index contributed by atoms with van der Waals surface area (Å²) in [7, 11) is 1.70. The van der Waals surface area contributed by atoms with Crippen molar-refractivity contribution in [3.8, 4) is 11.5 Å². The third-order valence-electron chi connectivity index (χ3n) is 3.54. The minimum Gasteiger partial charge on any atom is -0.493 e. The van der Waals surface area contributed by atoms with E-state index in [9.17, 15) is 0 Å². The lowest BCUT2D eigenvalue weighted by Gasteiger charge is -2.20. The van der Waals surface area contributed by atoms with Gasteiger partial charge in [0.1, 0.15) is 0 Å². The van der Waals surface area contributed by atoms with Crippen molar-refractivity contribution in [3.63, 3.8) is 0 Å². The van der Waals surface area contributed by atoms with Crippen LogP contribution in [0, 0.1) is 5.41 Å². The van der Waals surface area contributed by atoms with Gasteiger partial charge in [-0.2, -0.15) is 0 Å². The topological polar surface area (TPSA) is 30.5 Å². The first-order valence-electron chi connectivity index (χ1n) is 7.52. The van der Waals surface area contributed by atoms with E-state index in [4.69, 9.17) is 9.47 Å². The van der Waals surface area contributed by atoms with Crippen LogP contribution in [0.2, 0.25) is 0 Å². The second kappa shape index (κ2) is 6.49. The van der Waals surface area contributed by atoms with Crippen molar-refractivity contribution in [2.45, 2.75) is 52.6 Å². The van der Waals surface area contributed by atoms with Crippen LogP contribution in [-0.2, 0) is 6.54 Å². The molecule has 1 saturated carbocycles. The van der Waals surface area contributed by atoms with E-state index in [1.165, 1.54) is 18.4 Å². The van der Waals surface area contributed by atoms with Gasteiger partial charge in [0.25, 0.3) is 0 Å². The standard InChI is InChI=1S/C17H27NO2/c1-17(2,3)10-11-20-16-13(12-18-14-8-9-14)6-5-7-15(16)19-4/h5-7,14,18H,8-12H2,1-4H3. The number of hydrogen-bond acceptors (Lipinski definition) is 3. The Morgan fingerprint density at radius 3 is 2.60 bits per heavy atom. The monoisotopic (exact) mass is 277 g/mol. The molecular formula is C17H27NO2. The highest BCUT2D eigenvalue weighted by atomic mass is 16.5. The molecule has 0 unspecified atom stereocenters. The van der Waals surface area contributed by atoms with E-state index in [-0.39, 0.29) is 5.41 Å². The number of hydrogen-bond donors (Lipinski definition) is 1. The van der Waals surface area contributed by atoms with Crippen LogP contribution < -0.4 is 14.8 Å². The molecule has 112 valence electrons. The molecule has 0 bridgehead atoms. The average Bonchev–Trinajstić information content (AvgIpc) is 3.19. The highest BCUT2D eigenvalue weighted by Crippen LogP contribution is 2.32. The fourth-order valence-corrected chi connectivity index (χ4v) is 2.03. The van der Waals surface area contributed by atoms with Crippen molar-refractivity contribution in [2.75, 3.05) is 13.7 Å². The molecule has 1 aliphatic carbocycles. The Hall–Kier alpha value is -1.22. The van der Waals surface area contributed by atoms with Crippen LogP contribution in [0.1, 0.15) is 45.6 Å². The number of methoxy groups -OCH3 is 1. The SMILES string of the molecule is COc1cccc(CNC2CC2)c1OCCC(C)(C)C. The second-order valence-corrected chi connectivity index (χ2v) is 6.76. The minimum absolute atomic E-state index is 0.286. The van der Waals surface area contributed by atoms with Gasteiger partial charge >= 0.3 is 0 Å². The molecule has 3 nitrogen and oxygen atoms in total. The molecule has 0 aliphatic heterocycles. The predicted octanol–water partition coefficient (Wildman–Crippen LogP) is 3.76. The van der Waals surface area contributed by atoms with Gasteiger partial charge in [-0.3, -0.25) is 0 Å². The van der Waals surface area contributed by atoms with Crippen molar-refractivity contribution in [1.82, 2.24) is 5.32 Å². The molecule has 0 aromatic heterocycles. The Morgan fingerprint density at radius 2 is 2.00 bits per heavy atom. The Balaban J connectivity index is 2.01. The van der Waals surface area contributed by atoms with E-state index < -0.39 is 0 Å². The number of benzene rings is 1. The summed E-state index contributed by atoms with van der Waals surface area (Å²) in [5.41, 5.74) is 1.47. The second-order valence-electron chi connectivity index (χ2n) is 6.76. The molecule has 0 saturated heterocycles. The molecule has 1 fully saturated rings. The largest absolute Gasteiger partial charge is 0.493 e. The molecule has 0 heterocycles. The third kappa shape index (κ3) is 4.71. The molecular weight excluding hydrogens is 250 g/mol. The van der Waals surface area contributed by atoms with E-state index in [0.29, 0.717) is 6.04 Å². The molecule has 0 atom stereocenters. The van der Waals surface area contributed by atoms with Crippen LogP contribution in [0.5, 0.6) is 11.5 Å². The molecule has 1 aliphatic rings. The zero-order valence-corrected chi connectivity index (χ0v) is 13.2. The smallest absolute Gasteiger partial charge is 0.165 e. The van der Waals surface area contributed by atoms with E-state index in [2.05, 4.69) is 32.2 Å². The van der Waals surface area contributed by atoms with Crippen LogP contribution in [0.15, 0.2) is 18.2 Å². The normalized spacial score (nSPS) is 15.2. The van der Waals surface area contributed by atoms with Gasteiger partial charge in [-0.25, -0.2) is 0 Å². The lowest BCUT2D eigenvalue weighted by Crippen LogP contribution is -2.17. The molecule has 0 amide bonds. The fourth-order valence-electron chi connectivity index (χ4n) is 2.03. The summed E-state index contributed by atoms with van der Waals surface area (Å²) in [6.07, 6.45) is 3.62. The van der Waals surface area contributed by atoms with E-state index in [1.807, 2.05) is 12.1 Å². The van der Waals surface area contributed by atoms with E-state index >= 15 is 0 Å². The summed E-state index contributed by atoms with van der Waals surface area (Å²) in [6, 6.07) is 6.81. The van der Waals surface area contributed by atoms with Crippen molar-refractivity contribution >= 4 is 0 Å². The van der Waals surface area contributed by atoms with E-state index in [1.54, 1.807) is 7.11 Å². The molecule has 1 N–H and O–H groups in total. The van der Waals surface area contributed by atoms with Crippen LogP contribution in [0.25, 0.3) is 0 Å². The number of para-hydroxylation sites is 1. The van der Waals surface area contributed by atoms with E-state index in [0.717, 1.165) is 31.1 Å². The molecule has 3 heteroatoms. The summed E-state index contributed by atoms with van der Waals surface area (Å²) in [5.74, 6) is 1.72. The zero-order chi connectivity index (χ0) is 14.6. The van der Waals surface area contributed by atoms with Gasteiger partial charge < -0.3 is 14.8 Å². The summed E-state index contributed by atoms with van der Waals surface area (Å²) in [6.45, 7) is 8.27. The fraction of sp³-hybridized carbons (Fsp3) is 0.647.